The van der Waals surface area contributed by atoms with Crippen molar-refractivity contribution in [3.8, 4) is 0 Å². The molecular weight excluding hydrogens is 228 g/mol. The highest BCUT2D eigenvalue weighted by Gasteiger charge is 2.36. The first kappa shape index (κ1) is 13.0. The van der Waals surface area contributed by atoms with Crippen LogP contribution in [-0.4, -0.2) is 34.0 Å². The number of aliphatic hydroxyl groups is 1. The molecule has 1 aromatic rings. The van der Waals surface area contributed by atoms with Gasteiger partial charge < -0.3 is 10.0 Å². The van der Waals surface area contributed by atoms with Crippen LogP contribution in [0.15, 0.2) is 24.4 Å². The molecule has 2 rings (SSSR count). The molecule has 0 atom stereocenters. The average Bonchev–Trinajstić information content (AvgIpc) is 2.41. The number of piperidine rings is 1. The van der Waals surface area contributed by atoms with Gasteiger partial charge in [-0.1, -0.05) is 13.0 Å². The number of hydrogen-bond donors (Lipinski definition) is 1. The molecule has 1 N–H and O–H groups in total. The minimum atomic E-state index is -0.871. The maximum absolute atomic E-state index is 11.8. The third-order valence-corrected chi connectivity index (χ3v) is 3.55. The summed E-state index contributed by atoms with van der Waals surface area (Å²) in [6.07, 6.45) is 4.31. The van der Waals surface area contributed by atoms with Crippen LogP contribution in [0.25, 0.3) is 0 Å². The van der Waals surface area contributed by atoms with Crippen LogP contribution >= 0.6 is 0 Å². The first-order valence-electron chi connectivity index (χ1n) is 6.57. The summed E-state index contributed by atoms with van der Waals surface area (Å²) in [5.74, 6) is 0.195. The summed E-state index contributed by atoms with van der Waals surface area (Å²) in [5.41, 5.74) is -0.155. The largest absolute Gasteiger partial charge is 0.383 e. The number of nitrogens with zero attached hydrogens (tertiary/aromatic N) is 2. The average molecular weight is 248 g/mol. The highest BCUT2D eigenvalue weighted by Crippen LogP contribution is 2.31. The van der Waals surface area contributed by atoms with Crippen LogP contribution in [0.1, 0.15) is 38.3 Å². The number of pyridine rings is 1. The topological polar surface area (TPSA) is 53.4 Å². The zero-order valence-electron chi connectivity index (χ0n) is 10.8. The third kappa shape index (κ3) is 2.70. The summed E-state index contributed by atoms with van der Waals surface area (Å²) in [4.78, 5) is 17.8. The van der Waals surface area contributed by atoms with E-state index in [1.165, 1.54) is 0 Å². The van der Waals surface area contributed by atoms with Crippen molar-refractivity contribution >= 4 is 5.91 Å². The number of carbonyl (C=O) groups excluding carboxylic acids is 1. The second kappa shape index (κ2) is 5.48. The quantitative estimate of drug-likeness (QED) is 0.885. The van der Waals surface area contributed by atoms with Gasteiger partial charge in [0, 0.05) is 25.7 Å². The summed E-state index contributed by atoms with van der Waals surface area (Å²) < 4.78 is 0. The Morgan fingerprint density at radius 1 is 1.44 bits per heavy atom. The minimum absolute atomic E-state index is 0.195. The van der Waals surface area contributed by atoms with Crippen LogP contribution < -0.4 is 0 Å². The molecule has 0 radical (unpaired) electrons. The van der Waals surface area contributed by atoms with Gasteiger partial charge in [-0.05, 0) is 31.4 Å². The minimum Gasteiger partial charge on any atom is -0.383 e. The Labute approximate surface area is 108 Å². The van der Waals surface area contributed by atoms with Crippen molar-refractivity contribution in [1.82, 2.24) is 9.88 Å². The van der Waals surface area contributed by atoms with Crippen molar-refractivity contribution in [3.05, 3.63) is 30.1 Å². The normalized spacial score (nSPS) is 18.7. The molecule has 0 unspecified atom stereocenters. The predicted molar refractivity (Wildman–Crippen MR) is 68.9 cm³/mol. The van der Waals surface area contributed by atoms with E-state index in [4.69, 9.17) is 0 Å². The summed E-state index contributed by atoms with van der Waals surface area (Å²) in [7, 11) is 0. The standard InChI is InChI=1S/C14H20N2O2/c1-2-5-13(17)16-10-7-14(18,8-11-16)12-6-3-4-9-15-12/h3-4,6,9,18H,2,5,7-8,10-11H2,1H3. The van der Waals surface area contributed by atoms with Gasteiger partial charge in [0.05, 0.1) is 5.69 Å². The zero-order valence-corrected chi connectivity index (χ0v) is 10.8. The summed E-state index contributed by atoms with van der Waals surface area (Å²) in [6.45, 7) is 3.24. The van der Waals surface area contributed by atoms with Gasteiger partial charge in [0.25, 0.3) is 0 Å². The monoisotopic (exact) mass is 248 g/mol. The molecule has 0 aliphatic carbocycles. The molecule has 2 heterocycles. The molecule has 1 saturated heterocycles. The molecule has 1 aliphatic heterocycles. The second-order valence-electron chi connectivity index (χ2n) is 4.88. The van der Waals surface area contributed by atoms with E-state index in [1.807, 2.05) is 30.0 Å². The summed E-state index contributed by atoms with van der Waals surface area (Å²) in [6, 6.07) is 5.57. The van der Waals surface area contributed by atoms with Gasteiger partial charge >= 0.3 is 0 Å². The van der Waals surface area contributed by atoms with Crippen molar-refractivity contribution in [2.24, 2.45) is 0 Å². The molecule has 18 heavy (non-hydrogen) atoms. The van der Waals surface area contributed by atoms with Crippen molar-refractivity contribution in [3.63, 3.8) is 0 Å². The number of amides is 1. The van der Waals surface area contributed by atoms with Crippen LogP contribution in [0, 0.1) is 0 Å². The van der Waals surface area contributed by atoms with E-state index in [0.29, 0.717) is 38.0 Å². The SMILES string of the molecule is CCCC(=O)N1CCC(O)(c2ccccn2)CC1. The first-order valence-corrected chi connectivity index (χ1v) is 6.57. The molecule has 1 aromatic heterocycles. The Balaban J connectivity index is 1.99. The summed E-state index contributed by atoms with van der Waals surface area (Å²) in [5, 5.41) is 10.6. The fraction of sp³-hybridized carbons (Fsp3) is 0.571. The lowest BCUT2D eigenvalue weighted by molar-refractivity contribution is -0.135. The van der Waals surface area contributed by atoms with Gasteiger partial charge in [-0.3, -0.25) is 9.78 Å². The van der Waals surface area contributed by atoms with Crippen molar-refractivity contribution in [2.75, 3.05) is 13.1 Å². The Hall–Kier alpha value is -1.42. The molecule has 0 bridgehead atoms. The van der Waals surface area contributed by atoms with Crippen LogP contribution in [-0.2, 0) is 10.4 Å². The highest BCUT2D eigenvalue weighted by molar-refractivity contribution is 5.76. The lowest BCUT2D eigenvalue weighted by atomic mass is 9.87. The van der Waals surface area contributed by atoms with Gasteiger partial charge in [-0.2, -0.15) is 0 Å². The Bertz CT molecular complexity index is 398. The number of hydrogen-bond acceptors (Lipinski definition) is 3. The molecule has 1 amide bonds. The van der Waals surface area contributed by atoms with Gasteiger partial charge in [0.2, 0.25) is 5.91 Å². The summed E-state index contributed by atoms with van der Waals surface area (Å²) >= 11 is 0. The zero-order chi connectivity index (χ0) is 13.0. The first-order chi connectivity index (χ1) is 8.65. The smallest absolute Gasteiger partial charge is 0.222 e. The Morgan fingerprint density at radius 2 is 2.17 bits per heavy atom. The van der Waals surface area contributed by atoms with Crippen LogP contribution in [0.4, 0.5) is 0 Å². The molecule has 0 saturated carbocycles. The van der Waals surface area contributed by atoms with Gasteiger partial charge in [0.15, 0.2) is 0 Å². The fourth-order valence-corrected chi connectivity index (χ4v) is 2.39. The second-order valence-corrected chi connectivity index (χ2v) is 4.88. The molecule has 0 aromatic carbocycles. The highest BCUT2D eigenvalue weighted by atomic mass is 16.3. The van der Waals surface area contributed by atoms with E-state index in [1.54, 1.807) is 6.20 Å². The molecule has 1 fully saturated rings. The molecule has 98 valence electrons. The van der Waals surface area contributed by atoms with Crippen molar-refractivity contribution in [2.45, 2.75) is 38.2 Å². The van der Waals surface area contributed by atoms with E-state index in [2.05, 4.69) is 4.98 Å². The Kier molecular flexibility index (Phi) is 3.97. The van der Waals surface area contributed by atoms with Crippen LogP contribution in [0.5, 0.6) is 0 Å². The van der Waals surface area contributed by atoms with Crippen molar-refractivity contribution < 1.29 is 9.90 Å². The molecule has 0 spiro atoms. The van der Waals surface area contributed by atoms with E-state index >= 15 is 0 Å². The van der Waals surface area contributed by atoms with E-state index < -0.39 is 5.60 Å². The lowest BCUT2D eigenvalue weighted by Crippen LogP contribution is -2.45. The molecular formula is C14H20N2O2. The van der Waals surface area contributed by atoms with Gasteiger partial charge in [0.1, 0.15) is 5.60 Å². The maximum Gasteiger partial charge on any atom is 0.222 e. The molecule has 4 nitrogen and oxygen atoms in total. The van der Waals surface area contributed by atoms with Gasteiger partial charge in [-0.15, -0.1) is 0 Å². The van der Waals surface area contributed by atoms with E-state index in [9.17, 15) is 9.90 Å². The molecule has 1 aliphatic rings. The number of rotatable bonds is 3. The van der Waals surface area contributed by atoms with Crippen LogP contribution in [0.2, 0.25) is 0 Å². The number of aromatic nitrogens is 1. The lowest BCUT2D eigenvalue weighted by Gasteiger charge is -2.37. The number of likely N-dealkylation sites (tertiary alicyclic amines) is 1. The Morgan fingerprint density at radius 3 is 2.72 bits per heavy atom. The third-order valence-electron chi connectivity index (χ3n) is 3.55. The van der Waals surface area contributed by atoms with Gasteiger partial charge in [-0.25, -0.2) is 0 Å². The van der Waals surface area contributed by atoms with E-state index in [0.717, 1.165) is 6.42 Å². The van der Waals surface area contributed by atoms with E-state index in [-0.39, 0.29) is 5.91 Å². The van der Waals surface area contributed by atoms with Crippen molar-refractivity contribution in [1.29, 1.82) is 0 Å². The van der Waals surface area contributed by atoms with Crippen LogP contribution in [0.3, 0.4) is 0 Å². The fourth-order valence-electron chi connectivity index (χ4n) is 2.39. The predicted octanol–water partition coefficient (Wildman–Crippen LogP) is 1.69. The number of carbonyl (C=O) groups is 1. The molecule has 4 heteroatoms. The maximum atomic E-state index is 11.8.